The summed E-state index contributed by atoms with van der Waals surface area (Å²) in [6.07, 6.45) is 1.77. The zero-order chi connectivity index (χ0) is 23.3. The van der Waals surface area contributed by atoms with E-state index >= 15 is 0 Å². The van der Waals surface area contributed by atoms with Crippen LogP contribution in [0.25, 0.3) is 0 Å². The van der Waals surface area contributed by atoms with Gasteiger partial charge in [-0.3, -0.25) is 14.5 Å². The van der Waals surface area contributed by atoms with Gasteiger partial charge < -0.3 is 25.2 Å². The lowest BCUT2D eigenvalue weighted by molar-refractivity contribution is -0.132. The zero-order valence-electron chi connectivity index (χ0n) is 19.8. The van der Waals surface area contributed by atoms with E-state index in [0.717, 1.165) is 69.9 Å². The van der Waals surface area contributed by atoms with Crippen LogP contribution < -0.4 is 15.5 Å². The number of amides is 2. The van der Waals surface area contributed by atoms with Gasteiger partial charge in [-0.15, -0.1) is 0 Å². The molecule has 8 nitrogen and oxygen atoms in total. The van der Waals surface area contributed by atoms with Crippen LogP contribution in [0.1, 0.15) is 38.2 Å². The molecule has 1 atom stereocenters. The highest BCUT2D eigenvalue weighted by Crippen LogP contribution is 2.23. The number of piperazine rings is 2. The van der Waals surface area contributed by atoms with Crippen LogP contribution in [0.3, 0.4) is 0 Å². The molecule has 32 heavy (non-hydrogen) atoms. The average Bonchev–Trinajstić information content (AvgIpc) is 2.86. The summed E-state index contributed by atoms with van der Waals surface area (Å²) in [7, 11) is 1.60. The summed E-state index contributed by atoms with van der Waals surface area (Å²) in [5.74, 6) is -0.101. The third-order valence-electron chi connectivity index (χ3n) is 6.01. The van der Waals surface area contributed by atoms with Crippen molar-refractivity contribution >= 4 is 23.8 Å². The lowest BCUT2D eigenvalue weighted by atomic mass is 9.95. The van der Waals surface area contributed by atoms with Crippen LogP contribution >= 0.6 is 0 Å². The fourth-order valence-electron chi connectivity index (χ4n) is 4.03. The molecule has 1 aromatic rings. The molecular formula is C24H39N5O3. The van der Waals surface area contributed by atoms with Crippen LogP contribution in [0.15, 0.2) is 24.3 Å². The van der Waals surface area contributed by atoms with Gasteiger partial charge in [0.15, 0.2) is 0 Å². The number of hydrogen-bond donors (Lipinski definition) is 2. The normalized spacial score (nSPS) is 17.7. The third-order valence-corrected chi connectivity index (χ3v) is 6.01. The predicted molar refractivity (Wildman–Crippen MR) is 128 cm³/mol. The predicted octanol–water partition coefficient (Wildman–Crippen LogP) is 1.08. The van der Waals surface area contributed by atoms with Crippen LogP contribution in [0.4, 0.5) is 5.69 Å². The van der Waals surface area contributed by atoms with Crippen molar-refractivity contribution in [1.82, 2.24) is 20.4 Å². The molecule has 0 bridgehead atoms. The Hall–Kier alpha value is -2.45. The number of nitrogens with one attached hydrogen (secondary N) is 2. The maximum Gasteiger partial charge on any atom is 0.236 e. The molecule has 2 aliphatic rings. The number of benzene rings is 1. The Balaban J connectivity index is 0.00000176. The molecule has 8 heteroatoms. The summed E-state index contributed by atoms with van der Waals surface area (Å²) in [6.45, 7) is 11.4. The Labute approximate surface area is 192 Å². The highest BCUT2D eigenvalue weighted by molar-refractivity contribution is 5.78. The van der Waals surface area contributed by atoms with Crippen LogP contribution in [-0.4, -0.2) is 93.9 Å². The first kappa shape index (κ1) is 25.8. The number of anilines is 1. The number of carbonyl (C=O) groups excluding carboxylic acids is 3. The number of rotatable bonds is 8. The Bertz CT molecular complexity index is 711. The first-order valence-electron chi connectivity index (χ1n) is 11.8. The van der Waals surface area contributed by atoms with E-state index in [0.29, 0.717) is 19.4 Å². The Morgan fingerprint density at radius 1 is 1.03 bits per heavy atom. The van der Waals surface area contributed by atoms with E-state index < -0.39 is 0 Å². The molecule has 0 aliphatic carbocycles. The van der Waals surface area contributed by atoms with Gasteiger partial charge in [0.05, 0.1) is 6.54 Å². The minimum absolute atomic E-state index is 0.0529. The highest BCUT2D eigenvalue weighted by atomic mass is 16.2. The smallest absolute Gasteiger partial charge is 0.236 e. The second-order valence-electron chi connectivity index (χ2n) is 7.94. The van der Waals surface area contributed by atoms with Gasteiger partial charge in [-0.05, 0) is 24.1 Å². The van der Waals surface area contributed by atoms with Gasteiger partial charge in [0.1, 0.15) is 6.29 Å². The molecule has 1 aromatic carbocycles. The molecule has 2 fully saturated rings. The number of hydrogen-bond acceptors (Lipinski definition) is 6. The second kappa shape index (κ2) is 13.9. The van der Waals surface area contributed by atoms with Crippen molar-refractivity contribution in [3.8, 4) is 0 Å². The third kappa shape index (κ3) is 7.60. The zero-order valence-corrected chi connectivity index (χ0v) is 19.8. The molecule has 2 aliphatic heterocycles. The molecule has 178 valence electrons. The van der Waals surface area contributed by atoms with Crippen LogP contribution in [0.5, 0.6) is 0 Å². The number of nitrogens with zero attached hydrogens (tertiary/aromatic N) is 3. The van der Waals surface area contributed by atoms with Crippen LogP contribution in [0, 0.1) is 0 Å². The van der Waals surface area contributed by atoms with Crippen molar-refractivity contribution in [2.75, 3.05) is 70.9 Å². The molecular weight excluding hydrogens is 406 g/mol. The van der Waals surface area contributed by atoms with Crippen molar-refractivity contribution in [2.24, 2.45) is 0 Å². The molecule has 2 N–H and O–H groups in total. The van der Waals surface area contributed by atoms with Crippen molar-refractivity contribution in [1.29, 1.82) is 0 Å². The van der Waals surface area contributed by atoms with E-state index in [1.807, 2.05) is 43.0 Å². The monoisotopic (exact) mass is 445 g/mol. The fraction of sp³-hybridized carbons (Fsp3) is 0.625. The first-order chi connectivity index (χ1) is 15.6. The maximum atomic E-state index is 12.6. The van der Waals surface area contributed by atoms with Gasteiger partial charge in [0.2, 0.25) is 11.8 Å². The summed E-state index contributed by atoms with van der Waals surface area (Å²) in [4.78, 5) is 41.9. The van der Waals surface area contributed by atoms with Gasteiger partial charge in [-0.25, -0.2) is 0 Å². The van der Waals surface area contributed by atoms with E-state index in [4.69, 9.17) is 0 Å². The van der Waals surface area contributed by atoms with Crippen molar-refractivity contribution in [3.05, 3.63) is 29.8 Å². The van der Waals surface area contributed by atoms with Gasteiger partial charge in [-0.1, -0.05) is 26.0 Å². The second-order valence-corrected chi connectivity index (χ2v) is 7.94. The molecule has 0 spiro atoms. The van der Waals surface area contributed by atoms with Crippen molar-refractivity contribution in [2.45, 2.75) is 32.6 Å². The molecule has 0 saturated carbocycles. The van der Waals surface area contributed by atoms with Crippen LogP contribution in [0.2, 0.25) is 0 Å². The molecule has 2 saturated heterocycles. The van der Waals surface area contributed by atoms with E-state index in [-0.39, 0.29) is 17.7 Å². The van der Waals surface area contributed by atoms with E-state index in [2.05, 4.69) is 20.4 Å². The van der Waals surface area contributed by atoms with Crippen LogP contribution in [-0.2, 0) is 14.4 Å². The lowest BCUT2D eigenvalue weighted by Crippen LogP contribution is -2.53. The SMILES string of the molecule is CC.CNC(=O)CCC(C=O)c1ccc(N2CCN(C(=O)CN3CCNCC3)CC2)cc1. The summed E-state index contributed by atoms with van der Waals surface area (Å²) in [5.41, 5.74) is 2.03. The minimum Gasteiger partial charge on any atom is -0.368 e. The minimum atomic E-state index is -0.268. The summed E-state index contributed by atoms with van der Waals surface area (Å²) < 4.78 is 0. The average molecular weight is 446 g/mol. The maximum absolute atomic E-state index is 12.6. The lowest BCUT2D eigenvalue weighted by Gasteiger charge is -2.37. The van der Waals surface area contributed by atoms with Crippen molar-refractivity contribution < 1.29 is 14.4 Å². The molecule has 0 aromatic heterocycles. The highest BCUT2D eigenvalue weighted by Gasteiger charge is 2.23. The fourth-order valence-corrected chi connectivity index (χ4v) is 4.03. The molecule has 2 heterocycles. The van der Waals surface area contributed by atoms with Gasteiger partial charge >= 0.3 is 0 Å². The molecule has 2 amide bonds. The summed E-state index contributed by atoms with van der Waals surface area (Å²) in [5, 5.41) is 5.90. The first-order valence-corrected chi connectivity index (χ1v) is 11.8. The number of carbonyl (C=O) groups is 3. The number of aldehydes is 1. The Kier molecular flexibility index (Phi) is 11.2. The Morgan fingerprint density at radius 2 is 1.66 bits per heavy atom. The largest absolute Gasteiger partial charge is 0.368 e. The van der Waals surface area contributed by atoms with E-state index in [9.17, 15) is 14.4 Å². The summed E-state index contributed by atoms with van der Waals surface area (Å²) in [6, 6.07) is 8.01. The molecule has 3 rings (SSSR count). The standard InChI is InChI=1S/C22H33N5O3.C2H6/c1-23-21(29)7-4-19(17-28)18-2-5-20(6-3-18)26-12-14-27(15-13-26)22(30)16-25-10-8-24-9-11-25;1-2/h2-3,5-6,17,19,24H,4,7-16H2,1H3,(H,23,29);1-2H3. The van der Waals surface area contributed by atoms with Crippen molar-refractivity contribution in [3.63, 3.8) is 0 Å². The van der Waals surface area contributed by atoms with E-state index in [1.54, 1.807) is 7.05 Å². The molecule has 0 radical (unpaired) electrons. The Morgan fingerprint density at radius 3 is 2.22 bits per heavy atom. The van der Waals surface area contributed by atoms with Gasteiger partial charge in [-0.2, -0.15) is 0 Å². The molecule has 1 unspecified atom stereocenters. The quantitative estimate of drug-likeness (QED) is 0.583. The van der Waals surface area contributed by atoms with E-state index in [1.165, 1.54) is 0 Å². The van der Waals surface area contributed by atoms with Gasteiger partial charge in [0, 0.05) is 77.4 Å². The summed E-state index contributed by atoms with van der Waals surface area (Å²) >= 11 is 0. The topological polar surface area (TPSA) is 85.0 Å². The van der Waals surface area contributed by atoms with Gasteiger partial charge in [0.25, 0.3) is 0 Å².